The zero-order valence-electron chi connectivity index (χ0n) is 11.7. The second kappa shape index (κ2) is 6.86. The summed E-state index contributed by atoms with van der Waals surface area (Å²) in [5, 5.41) is 3.92. The van der Waals surface area contributed by atoms with E-state index in [9.17, 15) is 4.39 Å². The van der Waals surface area contributed by atoms with Crippen molar-refractivity contribution in [1.29, 1.82) is 0 Å². The number of nitrogens with zero attached hydrogens (tertiary/aromatic N) is 2. The Labute approximate surface area is 123 Å². The van der Waals surface area contributed by atoms with E-state index < -0.39 is 0 Å². The first-order valence-electron chi connectivity index (χ1n) is 6.75. The maximum absolute atomic E-state index is 13.1. The van der Waals surface area contributed by atoms with Gasteiger partial charge in [0.1, 0.15) is 5.82 Å². The van der Waals surface area contributed by atoms with Crippen LogP contribution >= 0.6 is 11.6 Å². The highest BCUT2D eigenvalue weighted by atomic mass is 35.5. The van der Waals surface area contributed by atoms with Crippen LogP contribution in [-0.4, -0.2) is 16.1 Å². The average Bonchev–Trinajstić information content (AvgIpc) is 2.83. The Bertz CT molecular complexity index is 568. The fraction of sp³-hybridized carbons (Fsp3) is 0.400. The molecule has 3 nitrogen and oxygen atoms in total. The Hall–Kier alpha value is -1.39. The molecule has 0 fully saturated rings. The topological polar surface area (TPSA) is 29.9 Å². The molecule has 1 aromatic carbocycles. The fourth-order valence-corrected chi connectivity index (χ4v) is 2.36. The summed E-state index contributed by atoms with van der Waals surface area (Å²) in [6.45, 7) is 3.02. The molecule has 0 aliphatic carbocycles. The number of hydrogen-bond donors (Lipinski definition) is 1. The predicted molar refractivity (Wildman–Crippen MR) is 79.4 cm³/mol. The number of rotatable bonds is 6. The summed E-state index contributed by atoms with van der Waals surface area (Å²) < 4.78 is 15.0. The molecule has 0 radical (unpaired) electrons. The predicted octanol–water partition coefficient (Wildman–Crippen LogP) is 3.50. The summed E-state index contributed by atoms with van der Waals surface area (Å²) in [5.74, 6) is -0.311. The quantitative estimate of drug-likeness (QED) is 0.884. The molecule has 5 heteroatoms. The van der Waals surface area contributed by atoms with Gasteiger partial charge in [-0.2, -0.15) is 0 Å². The molecule has 1 atom stereocenters. The molecule has 20 heavy (non-hydrogen) atoms. The Balaban J connectivity index is 2.18. The number of imidazole rings is 1. The van der Waals surface area contributed by atoms with Crippen molar-refractivity contribution in [3.63, 3.8) is 0 Å². The van der Waals surface area contributed by atoms with Crippen LogP contribution in [0, 0.1) is 5.82 Å². The molecule has 0 aliphatic heterocycles. The third kappa shape index (κ3) is 3.81. The molecular weight excluding hydrogens is 277 g/mol. The number of nitrogens with one attached hydrogen (secondary N) is 1. The van der Waals surface area contributed by atoms with Crippen LogP contribution in [0.1, 0.15) is 30.6 Å². The molecule has 1 N–H and O–H groups in total. The first kappa shape index (κ1) is 15.0. The van der Waals surface area contributed by atoms with Crippen molar-refractivity contribution in [1.82, 2.24) is 14.9 Å². The standard InChI is InChI=1S/C15H19ClFN3/c1-3-6-18-14(15-9-20(2)10-19-15)7-11-4-5-12(17)8-13(11)16/h4-5,8-10,14,18H,3,6-7H2,1-2H3. The summed E-state index contributed by atoms with van der Waals surface area (Å²) in [5.41, 5.74) is 1.90. The van der Waals surface area contributed by atoms with Crippen molar-refractivity contribution < 1.29 is 4.39 Å². The Morgan fingerprint density at radius 1 is 1.45 bits per heavy atom. The minimum atomic E-state index is -0.311. The molecule has 0 bridgehead atoms. The van der Waals surface area contributed by atoms with Crippen LogP contribution in [-0.2, 0) is 13.5 Å². The summed E-state index contributed by atoms with van der Waals surface area (Å²) >= 11 is 6.11. The second-order valence-electron chi connectivity index (χ2n) is 4.91. The average molecular weight is 296 g/mol. The Morgan fingerprint density at radius 2 is 2.25 bits per heavy atom. The van der Waals surface area contributed by atoms with Gasteiger partial charge in [-0.3, -0.25) is 0 Å². The van der Waals surface area contributed by atoms with Gasteiger partial charge >= 0.3 is 0 Å². The van der Waals surface area contributed by atoms with Crippen molar-refractivity contribution in [3.05, 3.63) is 52.8 Å². The first-order chi connectivity index (χ1) is 9.60. The fourth-order valence-electron chi connectivity index (χ4n) is 2.12. The largest absolute Gasteiger partial charge is 0.340 e. The molecule has 2 rings (SSSR count). The van der Waals surface area contributed by atoms with E-state index in [0.29, 0.717) is 11.4 Å². The lowest BCUT2D eigenvalue weighted by Gasteiger charge is -2.17. The molecule has 1 aromatic heterocycles. The van der Waals surface area contributed by atoms with Crippen LogP contribution in [0.3, 0.4) is 0 Å². The molecule has 1 unspecified atom stereocenters. The van der Waals surface area contributed by atoms with Crippen molar-refractivity contribution in [2.45, 2.75) is 25.8 Å². The molecule has 0 spiro atoms. The highest BCUT2D eigenvalue weighted by molar-refractivity contribution is 6.31. The summed E-state index contributed by atoms with van der Waals surface area (Å²) in [7, 11) is 1.94. The lowest BCUT2D eigenvalue weighted by Crippen LogP contribution is -2.24. The highest BCUT2D eigenvalue weighted by Crippen LogP contribution is 2.23. The molecule has 108 valence electrons. The van der Waals surface area contributed by atoms with Crippen LogP contribution in [0.4, 0.5) is 4.39 Å². The van der Waals surface area contributed by atoms with Gasteiger partial charge in [0.25, 0.3) is 0 Å². The Kier molecular flexibility index (Phi) is 5.15. The van der Waals surface area contributed by atoms with Crippen molar-refractivity contribution in [2.24, 2.45) is 7.05 Å². The number of aryl methyl sites for hydroxylation is 1. The van der Waals surface area contributed by atoms with Gasteiger partial charge < -0.3 is 9.88 Å². The number of benzene rings is 1. The summed E-state index contributed by atoms with van der Waals surface area (Å²) in [6.07, 6.45) is 5.50. The zero-order chi connectivity index (χ0) is 14.5. The normalized spacial score (nSPS) is 12.6. The van der Waals surface area contributed by atoms with E-state index in [-0.39, 0.29) is 11.9 Å². The monoisotopic (exact) mass is 295 g/mol. The first-order valence-corrected chi connectivity index (χ1v) is 7.13. The number of halogens is 2. The highest BCUT2D eigenvalue weighted by Gasteiger charge is 2.16. The third-order valence-electron chi connectivity index (χ3n) is 3.16. The number of aromatic nitrogens is 2. The van der Waals surface area contributed by atoms with Crippen LogP contribution in [0.5, 0.6) is 0 Å². The van der Waals surface area contributed by atoms with Crippen LogP contribution in [0.15, 0.2) is 30.7 Å². The summed E-state index contributed by atoms with van der Waals surface area (Å²) in [4.78, 5) is 4.40. The zero-order valence-corrected chi connectivity index (χ0v) is 12.5. The van der Waals surface area contributed by atoms with Gasteiger partial charge in [0, 0.05) is 18.3 Å². The molecule has 0 aliphatic rings. The van der Waals surface area contributed by atoms with E-state index in [0.717, 1.165) is 24.2 Å². The maximum Gasteiger partial charge on any atom is 0.124 e. The molecule has 0 saturated heterocycles. The molecule has 0 saturated carbocycles. The van der Waals surface area contributed by atoms with Crippen molar-refractivity contribution >= 4 is 11.6 Å². The van der Waals surface area contributed by atoms with Gasteiger partial charge in [0.2, 0.25) is 0 Å². The van der Waals surface area contributed by atoms with Crippen molar-refractivity contribution in [2.75, 3.05) is 6.54 Å². The summed E-state index contributed by atoms with van der Waals surface area (Å²) in [6, 6.07) is 4.61. The molecule has 2 aromatic rings. The maximum atomic E-state index is 13.1. The van der Waals surface area contributed by atoms with Gasteiger partial charge in [0.05, 0.1) is 18.1 Å². The molecular formula is C15H19ClFN3. The third-order valence-corrected chi connectivity index (χ3v) is 3.51. The van der Waals surface area contributed by atoms with Crippen LogP contribution in [0.2, 0.25) is 5.02 Å². The number of hydrogen-bond acceptors (Lipinski definition) is 2. The van der Waals surface area contributed by atoms with Gasteiger partial charge in [-0.15, -0.1) is 0 Å². The van der Waals surface area contributed by atoms with Gasteiger partial charge in [-0.25, -0.2) is 9.37 Å². The lowest BCUT2D eigenvalue weighted by molar-refractivity contribution is 0.518. The van der Waals surface area contributed by atoms with E-state index in [2.05, 4.69) is 17.2 Å². The second-order valence-corrected chi connectivity index (χ2v) is 5.32. The van der Waals surface area contributed by atoms with Gasteiger partial charge in [-0.05, 0) is 37.1 Å². The van der Waals surface area contributed by atoms with Crippen LogP contribution in [0.25, 0.3) is 0 Å². The van der Waals surface area contributed by atoms with Crippen LogP contribution < -0.4 is 5.32 Å². The SMILES string of the molecule is CCCNC(Cc1ccc(F)cc1Cl)c1cn(C)cn1. The minimum absolute atomic E-state index is 0.0825. The van der Waals surface area contributed by atoms with E-state index >= 15 is 0 Å². The van der Waals surface area contributed by atoms with Gasteiger partial charge in [-0.1, -0.05) is 24.6 Å². The minimum Gasteiger partial charge on any atom is -0.340 e. The van der Waals surface area contributed by atoms with Crippen molar-refractivity contribution in [3.8, 4) is 0 Å². The smallest absolute Gasteiger partial charge is 0.124 e. The van der Waals surface area contributed by atoms with E-state index in [1.54, 1.807) is 12.4 Å². The Morgan fingerprint density at radius 3 is 2.85 bits per heavy atom. The molecule has 0 amide bonds. The van der Waals surface area contributed by atoms with E-state index in [1.807, 2.05) is 17.8 Å². The molecule has 1 heterocycles. The van der Waals surface area contributed by atoms with E-state index in [1.165, 1.54) is 12.1 Å². The van der Waals surface area contributed by atoms with Gasteiger partial charge in [0.15, 0.2) is 0 Å². The lowest BCUT2D eigenvalue weighted by atomic mass is 10.0. The van der Waals surface area contributed by atoms with E-state index in [4.69, 9.17) is 11.6 Å².